The van der Waals surface area contributed by atoms with E-state index in [0.717, 1.165) is 12.1 Å². The van der Waals surface area contributed by atoms with Crippen molar-refractivity contribution in [3.8, 4) is 0 Å². The van der Waals surface area contributed by atoms with Crippen molar-refractivity contribution < 1.29 is 31.4 Å². The number of benzene rings is 2. The van der Waals surface area contributed by atoms with Crippen LogP contribution in [-0.4, -0.2) is 77.4 Å². The lowest BCUT2D eigenvalue weighted by Crippen LogP contribution is -2.54. The molecule has 0 spiro atoms. The van der Waals surface area contributed by atoms with Crippen LogP contribution in [0.15, 0.2) is 30.3 Å². The molecule has 0 bridgehead atoms. The third-order valence-electron chi connectivity index (χ3n) is 7.53. The molecule has 0 amide bonds. The van der Waals surface area contributed by atoms with Gasteiger partial charge < -0.3 is 15.4 Å². The van der Waals surface area contributed by atoms with Crippen molar-refractivity contribution in [3.63, 3.8) is 0 Å². The number of nitrogens with one attached hydrogen (secondary N) is 2. The fraction of sp³-hybridized carbons (Fsp3) is 0.481. The summed E-state index contributed by atoms with van der Waals surface area (Å²) in [6.45, 7) is 0.726. The van der Waals surface area contributed by atoms with Gasteiger partial charge in [-0.1, -0.05) is 12.1 Å². The van der Waals surface area contributed by atoms with E-state index in [4.69, 9.17) is 0 Å². The van der Waals surface area contributed by atoms with Gasteiger partial charge in [0.1, 0.15) is 24.1 Å². The first-order valence-corrected chi connectivity index (χ1v) is 12.7. The molecule has 11 heteroatoms. The lowest BCUT2D eigenvalue weighted by atomic mass is 9.87. The molecule has 0 unspecified atom stereocenters. The zero-order valence-corrected chi connectivity index (χ0v) is 20.9. The highest BCUT2D eigenvalue weighted by Crippen LogP contribution is 2.44. The predicted molar refractivity (Wildman–Crippen MR) is 133 cm³/mol. The van der Waals surface area contributed by atoms with Crippen molar-refractivity contribution in [2.75, 3.05) is 44.8 Å². The molecular weight excluding hydrogens is 510 g/mol. The molecule has 2 aromatic carbocycles. The van der Waals surface area contributed by atoms with Gasteiger partial charge in [-0.2, -0.15) is 0 Å². The molecule has 2 atom stereocenters. The van der Waals surface area contributed by atoms with Crippen LogP contribution in [0.4, 0.5) is 32.0 Å². The SMILES string of the molecule is C[C@H]1Cc2c([nH]c3c(F)cccc23)[C@H](c2c(F)cc(NC3CN(CCCF)C3)cc2F)N1CC(F)(F)CO. The fourth-order valence-corrected chi connectivity index (χ4v) is 5.71. The monoisotopic (exact) mass is 540 g/mol. The van der Waals surface area contributed by atoms with Crippen LogP contribution in [0.2, 0.25) is 0 Å². The molecule has 1 aromatic heterocycles. The lowest BCUT2D eigenvalue weighted by molar-refractivity contribution is -0.0869. The maximum Gasteiger partial charge on any atom is 0.283 e. The van der Waals surface area contributed by atoms with Crippen LogP contribution in [0.5, 0.6) is 0 Å². The molecule has 0 radical (unpaired) electrons. The second kappa shape index (κ2) is 10.4. The number of hydrogen-bond donors (Lipinski definition) is 3. The van der Waals surface area contributed by atoms with Crippen molar-refractivity contribution in [1.82, 2.24) is 14.8 Å². The second-order valence-electron chi connectivity index (χ2n) is 10.3. The summed E-state index contributed by atoms with van der Waals surface area (Å²) in [6, 6.07) is 4.78. The number of H-pyrrole nitrogens is 1. The van der Waals surface area contributed by atoms with Gasteiger partial charge in [0, 0.05) is 48.0 Å². The molecule has 5 nitrogen and oxygen atoms in total. The van der Waals surface area contributed by atoms with Crippen LogP contribution in [0.3, 0.4) is 0 Å². The Bertz CT molecular complexity index is 1290. The Hall–Kier alpha value is -2.76. The number of aliphatic hydroxyl groups excluding tert-OH is 1. The Labute approximate surface area is 216 Å². The smallest absolute Gasteiger partial charge is 0.283 e. The molecule has 1 saturated heterocycles. The van der Waals surface area contributed by atoms with Crippen LogP contribution in [0.1, 0.15) is 36.2 Å². The highest BCUT2D eigenvalue weighted by molar-refractivity contribution is 5.86. The number of fused-ring (bicyclic) bond motifs is 3. The summed E-state index contributed by atoms with van der Waals surface area (Å²) in [6.07, 6.45) is 0.677. The summed E-state index contributed by atoms with van der Waals surface area (Å²) in [5, 5.41) is 12.8. The van der Waals surface area contributed by atoms with E-state index in [2.05, 4.69) is 10.3 Å². The van der Waals surface area contributed by atoms with Crippen molar-refractivity contribution >= 4 is 16.6 Å². The molecule has 38 heavy (non-hydrogen) atoms. The number of hydrogen-bond acceptors (Lipinski definition) is 4. The summed E-state index contributed by atoms with van der Waals surface area (Å²) in [5.74, 6) is -5.93. The average molecular weight is 541 g/mol. The van der Waals surface area contributed by atoms with Gasteiger partial charge in [0.05, 0.1) is 30.8 Å². The molecular formula is C27H30F6N4O. The standard InChI is InChI=1S/C27H30F6N4O/c1-15-8-19-18-4-2-5-20(29)24(18)35-25(19)26(37(15)13-27(32,33)14-38)23-21(30)9-16(10-22(23)31)34-17-11-36(12-17)7-3-6-28/h2,4-5,9-10,15,17,26,34-35,38H,3,6-8,11-14H2,1H3/t15-,26-/m0/s1. The minimum Gasteiger partial charge on any atom is -0.390 e. The molecule has 0 saturated carbocycles. The quantitative estimate of drug-likeness (QED) is 0.335. The number of aliphatic hydroxyl groups is 1. The van der Waals surface area contributed by atoms with Gasteiger partial charge in [-0.05, 0) is 43.5 Å². The Kier molecular flexibility index (Phi) is 7.36. The number of alkyl halides is 3. The summed E-state index contributed by atoms with van der Waals surface area (Å²) in [5.41, 5.74) is 0.786. The second-order valence-corrected chi connectivity index (χ2v) is 10.3. The summed E-state index contributed by atoms with van der Waals surface area (Å²) in [7, 11) is 0. The number of para-hydroxylation sites is 1. The third-order valence-corrected chi connectivity index (χ3v) is 7.53. The van der Waals surface area contributed by atoms with E-state index in [1.807, 2.05) is 4.90 Å². The van der Waals surface area contributed by atoms with Crippen LogP contribution >= 0.6 is 0 Å². The minimum atomic E-state index is -3.52. The number of nitrogens with zero attached hydrogens (tertiary/aromatic N) is 2. The topological polar surface area (TPSA) is 54.5 Å². The largest absolute Gasteiger partial charge is 0.390 e. The van der Waals surface area contributed by atoms with E-state index < -0.39 is 60.8 Å². The van der Waals surface area contributed by atoms with Gasteiger partial charge in [0.2, 0.25) is 0 Å². The summed E-state index contributed by atoms with van der Waals surface area (Å²) < 4.78 is 87.2. The molecule has 3 heterocycles. The molecule has 3 aromatic rings. The van der Waals surface area contributed by atoms with Crippen molar-refractivity contribution in [1.29, 1.82) is 0 Å². The van der Waals surface area contributed by atoms with Gasteiger partial charge in [0.25, 0.3) is 5.92 Å². The molecule has 2 aliphatic rings. The summed E-state index contributed by atoms with van der Waals surface area (Å²) >= 11 is 0. The van der Waals surface area contributed by atoms with E-state index in [9.17, 15) is 22.7 Å². The number of aromatic nitrogens is 1. The highest BCUT2D eigenvalue weighted by Gasteiger charge is 2.43. The van der Waals surface area contributed by atoms with Gasteiger partial charge in [-0.25, -0.2) is 22.0 Å². The van der Waals surface area contributed by atoms with E-state index in [0.29, 0.717) is 37.0 Å². The van der Waals surface area contributed by atoms with Gasteiger partial charge >= 0.3 is 0 Å². The average Bonchev–Trinajstić information content (AvgIpc) is 3.21. The minimum absolute atomic E-state index is 0.0583. The van der Waals surface area contributed by atoms with Gasteiger partial charge in [0.15, 0.2) is 0 Å². The highest BCUT2D eigenvalue weighted by atomic mass is 19.3. The van der Waals surface area contributed by atoms with Crippen molar-refractivity contribution in [3.05, 3.63) is 64.6 Å². The number of rotatable bonds is 9. The molecule has 206 valence electrons. The predicted octanol–water partition coefficient (Wildman–Crippen LogP) is 5.00. The Morgan fingerprint density at radius 3 is 2.47 bits per heavy atom. The molecule has 2 aliphatic heterocycles. The van der Waals surface area contributed by atoms with Crippen LogP contribution in [-0.2, 0) is 6.42 Å². The number of likely N-dealkylation sites (tertiary alicyclic amines) is 1. The van der Waals surface area contributed by atoms with E-state index in [1.165, 1.54) is 17.0 Å². The molecule has 3 N–H and O–H groups in total. The van der Waals surface area contributed by atoms with E-state index in [1.54, 1.807) is 13.0 Å². The number of anilines is 1. The van der Waals surface area contributed by atoms with Gasteiger partial charge in [-0.15, -0.1) is 0 Å². The van der Waals surface area contributed by atoms with E-state index in [-0.39, 0.29) is 29.4 Å². The zero-order chi connectivity index (χ0) is 27.2. The number of aromatic amines is 1. The Morgan fingerprint density at radius 2 is 1.82 bits per heavy atom. The first kappa shape index (κ1) is 26.8. The Morgan fingerprint density at radius 1 is 1.11 bits per heavy atom. The Balaban J connectivity index is 1.52. The molecule has 0 aliphatic carbocycles. The van der Waals surface area contributed by atoms with Gasteiger partial charge in [-0.3, -0.25) is 14.2 Å². The van der Waals surface area contributed by atoms with Crippen LogP contribution in [0.25, 0.3) is 10.9 Å². The normalized spacial score (nSPS) is 21.1. The zero-order valence-electron chi connectivity index (χ0n) is 20.9. The first-order chi connectivity index (χ1) is 18.1. The molecule has 5 rings (SSSR count). The first-order valence-electron chi connectivity index (χ1n) is 12.7. The van der Waals surface area contributed by atoms with Crippen molar-refractivity contribution in [2.45, 2.75) is 43.8 Å². The maximum atomic E-state index is 15.7. The number of halogens is 6. The third kappa shape index (κ3) is 4.99. The van der Waals surface area contributed by atoms with Crippen LogP contribution < -0.4 is 5.32 Å². The lowest BCUT2D eigenvalue weighted by Gasteiger charge is -2.42. The summed E-state index contributed by atoms with van der Waals surface area (Å²) in [4.78, 5) is 6.21. The maximum absolute atomic E-state index is 15.7. The van der Waals surface area contributed by atoms with Crippen molar-refractivity contribution in [2.24, 2.45) is 0 Å². The fourth-order valence-electron chi connectivity index (χ4n) is 5.71. The molecule has 1 fully saturated rings. The van der Waals surface area contributed by atoms with Crippen LogP contribution in [0, 0.1) is 17.5 Å². The van der Waals surface area contributed by atoms with E-state index >= 15 is 8.78 Å².